The first-order valence-corrected chi connectivity index (χ1v) is 12.5. The molecule has 6 nitrogen and oxygen atoms in total. The van der Waals surface area contributed by atoms with E-state index in [-0.39, 0.29) is 21.4 Å². The molecule has 168 valence electrons. The van der Waals surface area contributed by atoms with Crippen molar-refractivity contribution in [3.8, 4) is 0 Å². The highest BCUT2D eigenvalue weighted by Gasteiger charge is 2.20. The van der Waals surface area contributed by atoms with Gasteiger partial charge in [-0.05, 0) is 74.7 Å². The summed E-state index contributed by atoms with van der Waals surface area (Å²) >= 11 is 12.3. The second kappa shape index (κ2) is 10.2. The standard InChI is InChI=1S/C22H27Cl2N3O3S/c1-15(14-27-9-3-4-10-27)13-25-22(28)19-12-18(7-8-20(19)23)31(29,30)26-17-6-5-16(2)21(24)11-17/h5-8,11-12,15,26H,3-4,9-10,13-14H2,1-2H3,(H,25,28). The SMILES string of the molecule is Cc1ccc(NS(=O)(=O)c2ccc(Cl)c(C(=O)NCC(C)CN3CCCC3)c2)cc1Cl. The predicted octanol–water partition coefficient (Wildman–Crippen LogP) is 4.56. The van der Waals surface area contributed by atoms with Gasteiger partial charge in [-0.25, -0.2) is 8.42 Å². The van der Waals surface area contributed by atoms with Crippen LogP contribution in [0, 0.1) is 12.8 Å². The molecule has 3 rings (SSSR count). The summed E-state index contributed by atoms with van der Waals surface area (Å²) in [7, 11) is -3.92. The van der Waals surface area contributed by atoms with Crippen LogP contribution in [-0.2, 0) is 10.0 Å². The molecule has 1 aliphatic heterocycles. The lowest BCUT2D eigenvalue weighted by atomic mass is 10.1. The van der Waals surface area contributed by atoms with Crippen LogP contribution >= 0.6 is 23.2 Å². The van der Waals surface area contributed by atoms with Gasteiger partial charge in [0.2, 0.25) is 0 Å². The molecule has 1 saturated heterocycles. The quantitative estimate of drug-likeness (QED) is 0.576. The van der Waals surface area contributed by atoms with Crippen molar-refractivity contribution in [2.24, 2.45) is 5.92 Å². The summed E-state index contributed by atoms with van der Waals surface area (Å²) in [5, 5.41) is 3.53. The van der Waals surface area contributed by atoms with Crippen molar-refractivity contribution >= 4 is 44.8 Å². The summed E-state index contributed by atoms with van der Waals surface area (Å²) in [5.41, 5.74) is 1.31. The Balaban J connectivity index is 1.69. The molecule has 0 spiro atoms. The number of sulfonamides is 1. The second-order valence-corrected chi connectivity index (χ2v) is 10.5. The van der Waals surface area contributed by atoms with Crippen molar-refractivity contribution in [2.45, 2.75) is 31.6 Å². The molecule has 9 heteroatoms. The van der Waals surface area contributed by atoms with E-state index in [2.05, 4.69) is 21.9 Å². The molecule has 0 aromatic heterocycles. The highest BCUT2D eigenvalue weighted by Crippen LogP contribution is 2.25. The molecule has 1 aliphatic rings. The zero-order valence-corrected chi connectivity index (χ0v) is 19.9. The number of hydrogen-bond acceptors (Lipinski definition) is 4. The van der Waals surface area contributed by atoms with E-state index in [0.717, 1.165) is 25.2 Å². The first kappa shape index (κ1) is 23.9. The molecule has 0 radical (unpaired) electrons. The third-order valence-corrected chi connectivity index (χ3v) is 7.41. The third kappa shape index (κ3) is 6.35. The van der Waals surface area contributed by atoms with Gasteiger partial charge < -0.3 is 10.2 Å². The van der Waals surface area contributed by atoms with Crippen molar-refractivity contribution in [2.75, 3.05) is 30.9 Å². The lowest BCUT2D eigenvalue weighted by molar-refractivity contribution is 0.0945. The number of amides is 1. The Kier molecular flexibility index (Phi) is 7.86. The maximum absolute atomic E-state index is 12.8. The van der Waals surface area contributed by atoms with Crippen LogP contribution in [0.5, 0.6) is 0 Å². The van der Waals surface area contributed by atoms with Gasteiger partial charge in [-0.2, -0.15) is 0 Å². The Labute approximate surface area is 194 Å². The van der Waals surface area contributed by atoms with E-state index in [1.54, 1.807) is 18.2 Å². The summed E-state index contributed by atoms with van der Waals surface area (Å²) < 4.78 is 28.1. The van der Waals surface area contributed by atoms with Crippen LogP contribution in [0.2, 0.25) is 10.0 Å². The smallest absolute Gasteiger partial charge is 0.261 e. The largest absolute Gasteiger partial charge is 0.352 e. The van der Waals surface area contributed by atoms with Crippen LogP contribution in [0.3, 0.4) is 0 Å². The zero-order valence-electron chi connectivity index (χ0n) is 17.6. The van der Waals surface area contributed by atoms with Gasteiger partial charge in [0.25, 0.3) is 15.9 Å². The topological polar surface area (TPSA) is 78.5 Å². The highest BCUT2D eigenvalue weighted by atomic mass is 35.5. The lowest BCUT2D eigenvalue weighted by Gasteiger charge is -2.20. The number of aryl methyl sites for hydroxylation is 1. The summed E-state index contributed by atoms with van der Waals surface area (Å²) in [6, 6.07) is 8.98. The number of halogens is 2. The number of nitrogens with zero attached hydrogens (tertiary/aromatic N) is 1. The predicted molar refractivity (Wildman–Crippen MR) is 126 cm³/mol. The molecule has 2 aromatic carbocycles. The van der Waals surface area contributed by atoms with Crippen molar-refractivity contribution in [3.05, 3.63) is 57.6 Å². The molecule has 1 fully saturated rings. The monoisotopic (exact) mass is 483 g/mol. The lowest BCUT2D eigenvalue weighted by Crippen LogP contribution is -2.34. The molecule has 31 heavy (non-hydrogen) atoms. The number of carbonyl (C=O) groups excluding carboxylic acids is 1. The molecule has 1 unspecified atom stereocenters. The van der Waals surface area contributed by atoms with Gasteiger partial charge in [0.05, 0.1) is 21.2 Å². The van der Waals surface area contributed by atoms with Crippen LogP contribution in [0.1, 0.15) is 35.7 Å². The molecule has 2 aromatic rings. The molecule has 0 saturated carbocycles. The summed E-state index contributed by atoms with van der Waals surface area (Å²) in [4.78, 5) is 15.0. The van der Waals surface area contributed by atoms with E-state index in [1.165, 1.54) is 31.0 Å². The Morgan fingerprint density at radius 1 is 1.10 bits per heavy atom. The average Bonchev–Trinajstić information content (AvgIpc) is 3.22. The van der Waals surface area contributed by atoms with Crippen molar-refractivity contribution in [1.29, 1.82) is 0 Å². The van der Waals surface area contributed by atoms with Gasteiger partial charge >= 0.3 is 0 Å². The normalized spacial score (nSPS) is 15.6. The van der Waals surface area contributed by atoms with Crippen LogP contribution in [0.4, 0.5) is 5.69 Å². The van der Waals surface area contributed by atoms with Crippen molar-refractivity contribution in [3.63, 3.8) is 0 Å². The number of anilines is 1. The second-order valence-electron chi connectivity index (χ2n) is 8.03. The number of benzene rings is 2. The molecular formula is C22H27Cl2N3O3S. The van der Waals surface area contributed by atoms with Gasteiger partial charge in [0.15, 0.2) is 0 Å². The summed E-state index contributed by atoms with van der Waals surface area (Å²) in [6.07, 6.45) is 2.44. The minimum Gasteiger partial charge on any atom is -0.352 e. The average molecular weight is 484 g/mol. The summed E-state index contributed by atoms with van der Waals surface area (Å²) in [6.45, 7) is 7.52. The van der Waals surface area contributed by atoms with Crippen molar-refractivity contribution in [1.82, 2.24) is 10.2 Å². The fraction of sp³-hybridized carbons (Fsp3) is 0.409. The minimum atomic E-state index is -3.92. The van der Waals surface area contributed by atoms with Crippen LogP contribution < -0.4 is 10.0 Å². The number of carbonyl (C=O) groups is 1. The van der Waals surface area contributed by atoms with Crippen LogP contribution in [0.15, 0.2) is 41.3 Å². The van der Waals surface area contributed by atoms with E-state index >= 15 is 0 Å². The van der Waals surface area contributed by atoms with E-state index in [4.69, 9.17) is 23.2 Å². The number of likely N-dealkylation sites (tertiary alicyclic amines) is 1. The number of nitrogens with one attached hydrogen (secondary N) is 2. The minimum absolute atomic E-state index is 0.0520. The number of rotatable bonds is 8. The van der Waals surface area contributed by atoms with Gasteiger partial charge in [0, 0.05) is 18.1 Å². The Bertz CT molecular complexity index is 1050. The van der Waals surface area contributed by atoms with E-state index in [0.29, 0.717) is 17.3 Å². The highest BCUT2D eigenvalue weighted by molar-refractivity contribution is 7.92. The molecule has 0 aliphatic carbocycles. The molecule has 1 atom stereocenters. The third-order valence-electron chi connectivity index (χ3n) is 5.30. The van der Waals surface area contributed by atoms with Gasteiger partial charge in [-0.15, -0.1) is 0 Å². The fourth-order valence-electron chi connectivity index (χ4n) is 3.55. The molecule has 1 heterocycles. The first-order valence-electron chi connectivity index (χ1n) is 10.2. The maximum atomic E-state index is 12.8. The fourth-order valence-corrected chi connectivity index (χ4v) is 5.01. The van der Waals surface area contributed by atoms with E-state index < -0.39 is 15.9 Å². The Hall–Kier alpha value is -1.80. The van der Waals surface area contributed by atoms with Gasteiger partial charge in [-0.1, -0.05) is 36.2 Å². The molecule has 2 N–H and O–H groups in total. The number of hydrogen-bond donors (Lipinski definition) is 2. The molecule has 1 amide bonds. The van der Waals surface area contributed by atoms with E-state index in [1.807, 2.05) is 6.92 Å². The Morgan fingerprint density at radius 2 is 1.81 bits per heavy atom. The van der Waals surface area contributed by atoms with Crippen LogP contribution in [0.25, 0.3) is 0 Å². The summed E-state index contributed by atoms with van der Waals surface area (Å²) in [5.74, 6) is -0.116. The molecular weight excluding hydrogens is 457 g/mol. The Morgan fingerprint density at radius 3 is 2.48 bits per heavy atom. The van der Waals surface area contributed by atoms with Gasteiger partial charge in [-0.3, -0.25) is 9.52 Å². The van der Waals surface area contributed by atoms with E-state index in [9.17, 15) is 13.2 Å². The van der Waals surface area contributed by atoms with Gasteiger partial charge in [0.1, 0.15) is 0 Å². The first-order chi connectivity index (χ1) is 14.7. The zero-order chi connectivity index (χ0) is 22.6. The maximum Gasteiger partial charge on any atom is 0.261 e. The van der Waals surface area contributed by atoms with Crippen molar-refractivity contribution < 1.29 is 13.2 Å². The van der Waals surface area contributed by atoms with Crippen LogP contribution in [-0.4, -0.2) is 45.4 Å². The molecule has 0 bridgehead atoms.